The van der Waals surface area contributed by atoms with E-state index in [9.17, 15) is 19.5 Å². The lowest BCUT2D eigenvalue weighted by Crippen LogP contribution is -2.43. The number of carbonyl (C=O) groups excluding carboxylic acids is 2. The van der Waals surface area contributed by atoms with Gasteiger partial charge in [0.15, 0.2) is 0 Å². The van der Waals surface area contributed by atoms with Gasteiger partial charge in [-0.1, -0.05) is 12.2 Å². The van der Waals surface area contributed by atoms with Crippen molar-refractivity contribution in [3.05, 3.63) is 42.0 Å². The van der Waals surface area contributed by atoms with Crippen molar-refractivity contribution in [2.24, 2.45) is 11.8 Å². The fraction of sp³-hybridized carbons (Fsp3) is 0.312. The zero-order valence-corrected chi connectivity index (χ0v) is 11.9. The first-order chi connectivity index (χ1) is 11.0. The molecular weight excluding hydrogens is 302 g/mol. The van der Waals surface area contributed by atoms with Gasteiger partial charge in [0.1, 0.15) is 5.60 Å². The van der Waals surface area contributed by atoms with Crippen molar-refractivity contribution in [2.45, 2.75) is 11.7 Å². The number of benzene rings is 1. The summed E-state index contributed by atoms with van der Waals surface area (Å²) in [6.45, 7) is -0.369. The Morgan fingerprint density at radius 2 is 1.91 bits per heavy atom. The summed E-state index contributed by atoms with van der Waals surface area (Å²) in [4.78, 5) is 37.4. The lowest BCUT2D eigenvalue weighted by atomic mass is 9.77. The standard InChI is InChI=1S/C16H13NO6/c18-7-16-6-5-10(23-16)11-12(16)14(20)17(13(11)19)9-3-1-8(2-4-9)15(21)22/h1-6,10-12,18H,7H2,(H,21,22)/t10-,11+,12-,16-/m1/s1. The van der Waals surface area contributed by atoms with Crippen molar-refractivity contribution in [1.29, 1.82) is 0 Å². The Morgan fingerprint density at radius 1 is 1.22 bits per heavy atom. The topological polar surface area (TPSA) is 104 Å². The van der Waals surface area contributed by atoms with Gasteiger partial charge in [-0.15, -0.1) is 0 Å². The molecule has 23 heavy (non-hydrogen) atoms. The number of imide groups is 1. The average molecular weight is 315 g/mol. The molecule has 0 radical (unpaired) electrons. The number of fused-ring (bicyclic) bond motifs is 5. The quantitative estimate of drug-likeness (QED) is 0.609. The molecule has 0 unspecified atom stereocenters. The number of hydrogen-bond donors (Lipinski definition) is 2. The van der Waals surface area contributed by atoms with Gasteiger partial charge in [-0.3, -0.25) is 9.59 Å². The molecule has 4 rings (SSSR count). The number of aliphatic hydroxyl groups is 1. The molecule has 3 aliphatic rings. The van der Waals surface area contributed by atoms with Crippen LogP contribution in [0.25, 0.3) is 0 Å². The first-order valence-electron chi connectivity index (χ1n) is 7.18. The summed E-state index contributed by atoms with van der Waals surface area (Å²) < 4.78 is 5.64. The van der Waals surface area contributed by atoms with E-state index in [0.29, 0.717) is 5.69 Å². The van der Waals surface area contributed by atoms with Gasteiger partial charge in [0.05, 0.1) is 35.8 Å². The number of amides is 2. The Balaban J connectivity index is 1.72. The normalized spacial score (nSPS) is 34.3. The molecule has 2 amide bonds. The van der Waals surface area contributed by atoms with Crippen LogP contribution in [-0.2, 0) is 14.3 Å². The van der Waals surface area contributed by atoms with Gasteiger partial charge in [-0.2, -0.15) is 0 Å². The van der Waals surface area contributed by atoms with Crippen LogP contribution in [0.2, 0.25) is 0 Å². The van der Waals surface area contributed by atoms with Gasteiger partial charge in [-0.25, -0.2) is 9.69 Å². The first kappa shape index (κ1) is 14.1. The molecule has 0 aromatic heterocycles. The van der Waals surface area contributed by atoms with E-state index in [1.165, 1.54) is 24.3 Å². The number of anilines is 1. The Kier molecular flexibility index (Phi) is 2.76. The zero-order valence-electron chi connectivity index (χ0n) is 11.9. The van der Waals surface area contributed by atoms with Crippen LogP contribution in [0.1, 0.15) is 10.4 Å². The van der Waals surface area contributed by atoms with E-state index in [1.807, 2.05) is 0 Å². The van der Waals surface area contributed by atoms with Crippen LogP contribution in [-0.4, -0.2) is 46.3 Å². The van der Waals surface area contributed by atoms with Crippen LogP contribution in [0, 0.1) is 11.8 Å². The van der Waals surface area contributed by atoms with Crippen molar-refractivity contribution in [3.63, 3.8) is 0 Å². The molecule has 7 nitrogen and oxygen atoms in total. The van der Waals surface area contributed by atoms with Gasteiger partial charge in [0.25, 0.3) is 0 Å². The monoisotopic (exact) mass is 315 g/mol. The predicted octanol–water partition coefficient (Wildman–Crippen LogP) is 0.190. The zero-order chi connectivity index (χ0) is 16.4. The Labute approximate surface area is 130 Å². The molecule has 2 N–H and O–H groups in total. The summed E-state index contributed by atoms with van der Waals surface area (Å²) >= 11 is 0. The van der Waals surface area contributed by atoms with E-state index < -0.39 is 35.4 Å². The molecule has 1 aromatic carbocycles. The first-order valence-corrected chi connectivity index (χ1v) is 7.18. The highest BCUT2D eigenvalue weighted by atomic mass is 16.5. The number of carboxylic acid groups (broad SMARTS) is 1. The number of ether oxygens (including phenoxy) is 1. The summed E-state index contributed by atoms with van der Waals surface area (Å²) in [6, 6.07) is 5.55. The van der Waals surface area contributed by atoms with Crippen molar-refractivity contribution < 1.29 is 29.3 Å². The van der Waals surface area contributed by atoms with E-state index in [0.717, 1.165) is 4.90 Å². The predicted molar refractivity (Wildman–Crippen MR) is 76.7 cm³/mol. The highest BCUT2D eigenvalue weighted by Crippen LogP contribution is 2.52. The molecule has 2 bridgehead atoms. The second-order valence-electron chi connectivity index (χ2n) is 5.92. The molecule has 0 saturated carbocycles. The van der Waals surface area contributed by atoms with Crippen LogP contribution in [0.5, 0.6) is 0 Å². The number of carboxylic acids is 1. The summed E-state index contributed by atoms with van der Waals surface area (Å²) in [7, 11) is 0. The van der Waals surface area contributed by atoms with Crippen molar-refractivity contribution >= 4 is 23.5 Å². The maximum atomic E-state index is 12.7. The third kappa shape index (κ3) is 1.68. The number of nitrogens with zero attached hydrogens (tertiary/aromatic N) is 1. The van der Waals surface area contributed by atoms with E-state index in [1.54, 1.807) is 12.2 Å². The maximum Gasteiger partial charge on any atom is 0.335 e. The van der Waals surface area contributed by atoms with Gasteiger partial charge >= 0.3 is 5.97 Å². The number of rotatable bonds is 3. The van der Waals surface area contributed by atoms with E-state index >= 15 is 0 Å². The fourth-order valence-corrected chi connectivity index (χ4v) is 3.69. The third-order valence-corrected chi connectivity index (χ3v) is 4.77. The summed E-state index contributed by atoms with van der Waals surface area (Å²) in [5, 5.41) is 18.5. The van der Waals surface area contributed by atoms with Crippen molar-refractivity contribution in [3.8, 4) is 0 Å². The number of aliphatic hydroxyl groups excluding tert-OH is 1. The van der Waals surface area contributed by atoms with Gasteiger partial charge in [0.2, 0.25) is 11.8 Å². The maximum absolute atomic E-state index is 12.7. The molecule has 0 aliphatic carbocycles. The SMILES string of the molecule is O=C(O)c1ccc(N2C(=O)[C@H]3[C@H]4C=C[C@](CO)(O4)[C@H]3C2=O)cc1. The van der Waals surface area contributed by atoms with Crippen molar-refractivity contribution in [1.82, 2.24) is 0 Å². The molecular formula is C16H13NO6. The Morgan fingerprint density at radius 3 is 2.52 bits per heavy atom. The summed E-state index contributed by atoms with van der Waals surface area (Å²) in [6.07, 6.45) is 2.85. The highest BCUT2D eigenvalue weighted by Gasteiger charge is 2.67. The molecule has 118 valence electrons. The van der Waals surface area contributed by atoms with Gasteiger partial charge < -0.3 is 14.9 Å². The lowest BCUT2D eigenvalue weighted by molar-refractivity contribution is -0.128. The van der Waals surface area contributed by atoms with Gasteiger partial charge in [-0.05, 0) is 24.3 Å². The second-order valence-corrected chi connectivity index (χ2v) is 5.92. The molecule has 3 aliphatic heterocycles. The number of hydrogen-bond acceptors (Lipinski definition) is 5. The molecule has 0 spiro atoms. The number of carbonyl (C=O) groups is 3. The minimum Gasteiger partial charge on any atom is -0.478 e. The largest absolute Gasteiger partial charge is 0.478 e. The Hall–Kier alpha value is -2.51. The van der Waals surface area contributed by atoms with Crippen LogP contribution in [0.3, 0.4) is 0 Å². The lowest BCUT2D eigenvalue weighted by Gasteiger charge is -2.26. The molecule has 7 heteroatoms. The molecule has 2 saturated heterocycles. The summed E-state index contributed by atoms with van der Waals surface area (Å²) in [5.41, 5.74) is -0.727. The molecule has 1 aromatic rings. The van der Waals surface area contributed by atoms with Crippen LogP contribution in [0.4, 0.5) is 5.69 Å². The van der Waals surface area contributed by atoms with E-state index in [4.69, 9.17) is 9.84 Å². The number of aromatic carboxylic acids is 1. The van der Waals surface area contributed by atoms with Gasteiger partial charge in [0, 0.05) is 0 Å². The van der Waals surface area contributed by atoms with Crippen LogP contribution in [0.15, 0.2) is 36.4 Å². The van der Waals surface area contributed by atoms with E-state index in [-0.39, 0.29) is 18.1 Å². The highest BCUT2D eigenvalue weighted by molar-refractivity contribution is 6.23. The van der Waals surface area contributed by atoms with Crippen LogP contribution >= 0.6 is 0 Å². The smallest absolute Gasteiger partial charge is 0.335 e. The fourth-order valence-electron chi connectivity index (χ4n) is 3.69. The molecule has 3 heterocycles. The summed E-state index contributed by atoms with van der Waals surface area (Å²) in [5.74, 6) is -3.27. The van der Waals surface area contributed by atoms with Crippen LogP contribution < -0.4 is 4.90 Å². The molecule has 4 atom stereocenters. The van der Waals surface area contributed by atoms with Crippen molar-refractivity contribution in [2.75, 3.05) is 11.5 Å². The molecule has 2 fully saturated rings. The Bertz CT molecular complexity index is 754. The average Bonchev–Trinajstić information content (AvgIpc) is 3.19. The minimum absolute atomic E-state index is 0.0740. The third-order valence-electron chi connectivity index (χ3n) is 4.77. The second kappa shape index (κ2) is 4.50. The minimum atomic E-state index is -1.13. The van der Waals surface area contributed by atoms with E-state index in [2.05, 4.69) is 0 Å².